The van der Waals surface area contributed by atoms with Gasteiger partial charge in [0.2, 0.25) is 0 Å². The maximum atomic E-state index is 13.0. The lowest BCUT2D eigenvalue weighted by molar-refractivity contribution is -0.124. The van der Waals surface area contributed by atoms with Gasteiger partial charge in [-0.3, -0.25) is 9.69 Å². The Labute approximate surface area is 167 Å². The van der Waals surface area contributed by atoms with Gasteiger partial charge in [0.1, 0.15) is 21.6 Å². The number of thioether (sulfide) groups is 1. The number of rotatable bonds is 3. The summed E-state index contributed by atoms with van der Waals surface area (Å²) in [5.74, 6) is 2.95. The van der Waals surface area contributed by atoms with Crippen LogP contribution in [0.3, 0.4) is 0 Å². The quantitative estimate of drug-likeness (QED) is 0.581. The number of aromatic hydroxyl groups is 1. The van der Waals surface area contributed by atoms with E-state index in [9.17, 15) is 9.90 Å². The van der Waals surface area contributed by atoms with E-state index < -0.39 is 0 Å². The van der Waals surface area contributed by atoms with E-state index in [0.717, 1.165) is 17.9 Å². The smallest absolute Gasteiger partial charge is 0.266 e. The number of carbonyl (C=O) groups is 1. The van der Waals surface area contributed by atoms with E-state index >= 15 is 0 Å². The van der Waals surface area contributed by atoms with Crippen molar-refractivity contribution in [2.75, 3.05) is 0 Å². The topological polar surface area (TPSA) is 53.7 Å². The van der Waals surface area contributed by atoms with Gasteiger partial charge in [0.15, 0.2) is 0 Å². The SMILES string of the molecule is O=C1C(=Cc2ccc(-c3ccc(O)cc3)o2)SC(=S)N1C1CC2CCC1C2. The maximum Gasteiger partial charge on any atom is 0.266 e. The van der Waals surface area contributed by atoms with Crippen molar-refractivity contribution in [1.82, 2.24) is 4.90 Å². The summed E-state index contributed by atoms with van der Waals surface area (Å²) in [4.78, 5) is 15.5. The van der Waals surface area contributed by atoms with Gasteiger partial charge in [-0.2, -0.15) is 0 Å². The monoisotopic (exact) mass is 397 g/mol. The zero-order chi connectivity index (χ0) is 18.5. The fourth-order valence-corrected chi connectivity index (χ4v) is 5.99. The number of furan rings is 1. The van der Waals surface area contributed by atoms with Crippen LogP contribution in [0.25, 0.3) is 17.4 Å². The molecular formula is C21H19NO3S2. The molecule has 0 radical (unpaired) electrons. The minimum atomic E-state index is 0.0186. The van der Waals surface area contributed by atoms with E-state index in [0.29, 0.717) is 26.7 Å². The van der Waals surface area contributed by atoms with Gasteiger partial charge in [-0.15, -0.1) is 0 Å². The Hall–Kier alpha value is -2.05. The van der Waals surface area contributed by atoms with Crippen molar-refractivity contribution < 1.29 is 14.3 Å². The highest BCUT2D eigenvalue weighted by Crippen LogP contribution is 2.49. The lowest BCUT2D eigenvalue weighted by Crippen LogP contribution is -2.41. The predicted octanol–water partition coefficient (Wildman–Crippen LogP) is 5.04. The van der Waals surface area contributed by atoms with Crippen LogP contribution in [0.5, 0.6) is 5.75 Å². The number of phenols is 1. The van der Waals surface area contributed by atoms with Gasteiger partial charge < -0.3 is 9.52 Å². The molecule has 3 fully saturated rings. The lowest BCUT2D eigenvalue weighted by atomic mass is 9.94. The zero-order valence-electron chi connectivity index (χ0n) is 14.6. The number of phenolic OH excluding ortho intramolecular Hbond substituents is 1. The molecule has 2 aliphatic carbocycles. The Morgan fingerprint density at radius 2 is 1.96 bits per heavy atom. The summed E-state index contributed by atoms with van der Waals surface area (Å²) in [5, 5.41) is 9.41. The van der Waals surface area contributed by atoms with E-state index in [1.54, 1.807) is 30.3 Å². The Morgan fingerprint density at radius 3 is 2.67 bits per heavy atom. The Kier molecular flexibility index (Phi) is 4.13. The summed E-state index contributed by atoms with van der Waals surface area (Å²) in [5.41, 5.74) is 0.877. The third-order valence-corrected chi connectivity index (χ3v) is 7.24. The maximum absolute atomic E-state index is 13.0. The molecule has 3 aliphatic rings. The lowest BCUT2D eigenvalue weighted by Gasteiger charge is -2.30. The van der Waals surface area contributed by atoms with Crippen LogP contribution in [0.15, 0.2) is 45.7 Å². The van der Waals surface area contributed by atoms with Crippen molar-refractivity contribution in [3.63, 3.8) is 0 Å². The molecule has 6 heteroatoms. The van der Waals surface area contributed by atoms with Crippen molar-refractivity contribution in [3.05, 3.63) is 47.1 Å². The van der Waals surface area contributed by atoms with Crippen LogP contribution in [0.2, 0.25) is 0 Å². The van der Waals surface area contributed by atoms with Gasteiger partial charge in [-0.1, -0.05) is 30.4 Å². The van der Waals surface area contributed by atoms with Gasteiger partial charge in [0, 0.05) is 17.7 Å². The summed E-state index contributed by atoms with van der Waals surface area (Å²) in [6, 6.07) is 10.8. The molecule has 2 bridgehead atoms. The molecule has 3 atom stereocenters. The first-order valence-corrected chi connectivity index (χ1v) is 10.5. The van der Waals surface area contributed by atoms with Crippen LogP contribution in [-0.4, -0.2) is 26.3 Å². The molecular weight excluding hydrogens is 378 g/mol. The second-order valence-corrected chi connectivity index (χ2v) is 9.22. The first-order chi connectivity index (χ1) is 13.1. The van der Waals surface area contributed by atoms with Crippen LogP contribution >= 0.6 is 24.0 Å². The van der Waals surface area contributed by atoms with E-state index in [1.165, 1.54) is 31.0 Å². The third kappa shape index (κ3) is 3.01. The van der Waals surface area contributed by atoms with Crippen LogP contribution in [-0.2, 0) is 4.79 Å². The van der Waals surface area contributed by atoms with Crippen molar-refractivity contribution in [3.8, 4) is 17.1 Å². The minimum absolute atomic E-state index is 0.0186. The predicted molar refractivity (Wildman–Crippen MR) is 110 cm³/mol. The molecule has 2 aromatic rings. The van der Waals surface area contributed by atoms with Crippen molar-refractivity contribution in [1.29, 1.82) is 0 Å². The molecule has 4 nitrogen and oxygen atoms in total. The largest absolute Gasteiger partial charge is 0.508 e. The van der Waals surface area contributed by atoms with Gasteiger partial charge >= 0.3 is 0 Å². The van der Waals surface area contributed by atoms with Crippen molar-refractivity contribution in [2.45, 2.75) is 31.7 Å². The molecule has 0 spiro atoms. The summed E-state index contributed by atoms with van der Waals surface area (Å²) in [7, 11) is 0. The summed E-state index contributed by atoms with van der Waals surface area (Å²) >= 11 is 6.90. The number of fused-ring (bicyclic) bond motifs is 2. The summed E-state index contributed by atoms with van der Waals surface area (Å²) in [6.45, 7) is 0. The number of hydrogen-bond acceptors (Lipinski definition) is 5. The molecule has 1 aromatic carbocycles. The highest BCUT2D eigenvalue weighted by molar-refractivity contribution is 8.26. The highest BCUT2D eigenvalue weighted by atomic mass is 32.2. The molecule has 27 heavy (non-hydrogen) atoms. The first-order valence-electron chi connectivity index (χ1n) is 9.25. The Bertz CT molecular complexity index is 947. The third-order valence-electron chi connectivity index (χ3n) is 5.91. The number of carbonyl (C=O) groups excluding carboxylic acids is 1. The van der Waals surface area contributed by atoms with Gasteiger partial charge in [-0.25, -0.2) is 0 Å². The molecule has 3 unspecified atom stereocenters. The number of benzene rings is 1. The number of thiocarbonyl (C=S) groups is 1. The number of nitrogens with zero attached hydrogens (tertiary/aromatic N) is 1. The molecule has 1 aliphatic heterocycles. The van der Waals surface area contributed by atoms with Gasteiger partial charge in [0.25, 0.3) is 5.91 Å². The number of hydrogen-bond donors (Lipinski definition) is 1. The van der Waals surface area contributed by atoms with Gasteiger partial charge in [0.05, 0.1) is 4.91 Å². The highest BCUT2D eigenvalue weighted by Gasteiger charge is 2.47. The van der Waals surface area contributed by atoms with Gasteiger partial charge in [-0.05, 0) is 67.5 Å². The fourth-order valence-electron chi connectivity index (χ4n) is 4.63. The second kappa shape index (κ2) is 6.53. The van der Waals surface area contributed by atoms with E-state index in [2.05, 4.69) is 0 Å². The summed E-state index contributed by atoms with van der Waals surface area (Å²) in [6.07, 6.45) is 6.65. The van der Waals surface area contributed by atoms with E-state index in [4.69, 9.17) is 16.6 Å². The number of amides is 1. The normalized spacial score (nSPS) is 28.7. The molecule has 2 heterocycles. The molecule has 138 valence electrons. The molecule has 1 aromatic heterocycles. The molecule has 1 saturated heterocycles. The van der Waals surface area contributed by atoms with Crippen molar-refractivity contribution in [2.24, 2.45) is 11.8 Å². The standard InChI is InChI=1S/C21H19NO3S2/c23-15-5-3-13(4-6-15)18-8-7-16(25-18)11-19-20(24)22(21(26)27-19)17-10-12-1-2-14(17)9-12/h3-8,11-12,14,17,23H,1-2,9-10H2. The average Bonchev–Trinajstić information content (AvgIpc) is 3.42. The average molecular weight is 398 g/mol. The van der Waals surface area contributed by atoms with Crippen LogP contribution in [0, 0.1) is 11.8 Å². The van der Waals surface area contributed by atoms with E-state index in [-0.39, 0.29) is 17.7 Å². The minimum Gasteiger partial charge on any atom is -0.508 e. The fraction of sp³-hybridized carbons (Fsp3) is 0.333. The zero-order valence-corrected chi connectivity index (χ0v) is 16.3. The summed E-state index contributed by atoms with van der Waals surface area (Å²) < 4.78 is 6.55. The van der Waals surface area contributed by atoms with Crippen LogP contribution in [0.4, 0.5) is 0 Å². The second-order valence-electron chi connectivity index (χ2n) is 7.54. The first kappa shape index (κ1) is 17.1. The van der Waals surface area contributed by atoms with E-state index in [1.807, 2.05) is 17.0 Å². The van der Waals surface area contributed by atoms with Crippen LogP contribution < -0.4 is 0 Å². The molecule has 1 amide bonds. The molecule has 2 saturated carbocycles. The Balaban J connectivity index is 1.37. The molecule has 5 rings (SSSR count). The molecule has 1 N–H and O–H groups in total. The van der Waals surface area contributed by atoms with Crippen LogP contribution in [0.1, 0.15) is 31.4 Å². The Morgan fingerprint density at radius 1 is 1.15 bits per heavy atom. The van der Waals surface area contributed by atoms with Crippen molar-refractivity contribution >= 4 is 40.3 Å².